The lowest BCUT2D eigenvalue weighted by Gasteiger charge is -2.13. The molecule has 7 nitrogen and oxygen atoms in total. The zero-order valence-electron chi connectivity index (χ0n) is 13.2. The Kier molecular flexibility index (Phi) is 3.58. The molecule has 4 aromatic rings. The Morgan fingerprint density at radius 3 is 2.35 bits per heavy atom. The highest BCUT2D eigenvalue weighted by molar-refractivity contribution is 6.24. The number of fused-ring (bicyclic) bond motifs is 2. The summed E-state index contributed by atoms with van der Waals surface area (Å²) in [6, 6.07) is 13.3. The molecule has 2 aromatic heterocycles. The van der Waals surface area contributed by atoms with Gasteiger partial charge in [0.05, 0.1) is 5.52 Å². The van der Waals surface area contributed by atoms with Crippen molar-refractivity contribution in [1.82, 2.24) is 20.2 Å². The van der Waals surface area contributed by atoms with Crippen molar-refractivity contribution in [2.75, 3.05) is 0 Å². The van der Waals surface area contributed by atoms with E-state index in [9.17, 15) is 18.8 Å². The number of nitrogens with one attached hydrogen (secondary N) is 3. The van der Waals surface area contributed by atoms with Crippen LogP contribution in [0.1, 0.15) is 15.9 Å². The number of halogens is 1. The highest BCUT2D eigenvalue weighted by Gasteiger charge is 2.26. The number of benzene rings is 2. The van der Waals surface area contributed by atoms with Crippen LogP contribution in [0.2, 0.25) is 0 Å². The standard InChI is InChI=1S/C14H8N2O.C4H3FN2O2/c17-14-9-5-2-1-4-8(9)13-12-10(14)6-3-7-11(12)15-16-13;5-2-1-6-4(9)7-3(2)8/h1-7H,(H,15,16);1H,(H2,6,7,8,9). The van der Waals surface area contributed by atoms with Crippen molar-refractivity contribution in [2.45, 2.75) is 0 Å². The summed E-state index contributed by atoms with van der Waals surface area (Å²) in [6.45, 7) is 0. The van der Waals surface area contributed by atoms with E-state index in [-0.39, 0.29) is 5.78 Å². The van der Waals surface area contributed by atoms with Gasteiger partial charge in [0, 0.05) is 28.3 Å². The molecular weight excluding hydrogens is 339 g/mol. The number of H-pyrrole nitrogens is 3. The Balaban J connectivity index is 0.000000160. The van der Waals surface area contributed by atoms with E-state index in [1.807, 2.05) is 47.4 Å². The second-order valence-corrected chi connectivity index (χ2v) is 5.59. The molecule has 8 heteroatoms. The molecule has 0 spiro atoms. The second-order valence-electron chi connectivity index (χ2n) is 5.59. The number of aromatic nitrogens is 4. The van der Waals surface area contributed by atoms with Crippen LogP contribution in [0.15, 0.2) is 58.3 Å². The second kappa shape index (κ2) is 5.92. The minimum absolute atomic E-state index is 0.0834. The van der Waals surface area contributed by atoms with Gasteiger partial charge in [-0.15, -0.1) is 0 Å². The SMILES string of the molecule is O=C1c2ccccc2-c2n[nH]c3cccc1c23.O=c1[nH]cc(F)c(=O)[nH]1. The highest BCUT2D eigenvalue weighted by atomic mass is 19.1. The first-order chi connectivity index (χ1) is 12.6. The predicted molar refractivity (Wildman–Crippen MR) is 92.6 cm³/mol. The lowest BCUT2D eigenvalue weighted by atomic mass is 9.87. The number of aromatic amines is 3. The van der Waals surface area contributed by atoms with E-state index in [1.165, 1.54) is 0 Å². The topological polar surface area (TPSA) is 111 Å². The van der Waals surface area contributed by atoms with E-state index in [0.717, 1.165) is 33.3 Å². The van der Waals surface area contributed by atoms with Crippen LogP contribution >= 0.6 is 0 Å². The molecule has 3 N–H and O–H groups in total. The molecule has 0 unspecified atom stereocenters. The summed E-state index contributed by atoms with van der Waals surface area (Å²) < 4.78 is 12.0. The molecule has 2 aromatic carbocycles. The van der Waals surface area contributed by atoms with Gasteiger partial charge in [-0.05, 0) is 6.07 Å². The molecule has 128 valence electrons. The maximum absolute atomic E-state index is 12.4. The van der Waals surface area contributed by atoms with Gasteiger partial charge in [-0.3, -0.25) is 19.7 Å². The lowest BCUT2D eigenvalue weighted by molar-refractivity contribution is 0.104. The van der Waals surface area contributed by atoms with Gasteiger partial charge in [0.1, 0.15) is 5.69 Å². The Labute approximate surface area is 144 Å². The fraction of sp³-hybridized carbons (Fsp3) is 0. The third kappa shape index (κ3) is 2.44. The molecule has 0 amide bonds. The molecule has 0 saturated heterocycles. The normalized spacial score (nSPS) is 11.7. The molecule has 1 aliphatic carbocycles. The van der Waals surface area contributed by atoms with Crippen LogP contribution in [0.3, 0.4) is 0 Å². The Hall–Kier alpha value is -3.81. The Bertz CT molecular complexity index is 1270. The Morgan fingerprint density at radius 2 is 1.62 bits per heavy atom. The highest BCUT2D eigenvalue weighted by Crippen LogP contribution is 2.37. The monoisotopic (exact) mass is 350 g/mol. The number of hydrogen-bond acceptors (Lipinski definition) is 4. The van der Waals surface area contributed by atoms with Crippen molar-refractivity contribution in [2.24, 2.45) is 0 Å². The van der Waals surface area contributed by atoms with Crippen LogP contribution < -0.4 is 11.2 Å². The molecule has 0 aliphatic heterocycles. The van der Waals surface area contributed by atoms with Crippen molar-refractivity contribution in [3.8, 4) is 11.3 Å². The maximum atomic E-state index is 12.4. The first kappa shape index (κ1) is 15.7. The number of rotatable bonds is 0. The third-order valence-electron chi connectivity index (χ3n) is 4.03. The molecule has 5 rings (SSSR count). The van der Waals surface area contributed by atoms with E-state index in [2.05, 4.69) is 10.2 Å². The number of nitrogens with zero attached hydrogens (tertiary/aromatic N) is 1. The summed E-state index contributed by atoms with van der Waals surface area (Å²) in [7, 11) is 0. The lowest BCUT2D eigenvalue weighted by Crippen LogP contribution is -2.23. The quantitative estimate of drug-likeness (QED) is 0.396. The number of hydrogen-bond donors (Lipinski definition) is 3. The van der Waals surface area contributed by atoms with Crippen LogP contribution in [0.4, 0.5) is 4.39 Å². The summed E-state index contributed by atoms with van der Waals surface area (Å²) in [6.07, 6.45) is 0.709. The first-order valence-corrected chi connectivity index (χ1v) is 7.65. The van der Waals surface area contributed by atoms with E-state index in [1.54, 1.807) is 4.98 Å². The number of carbonyl (C=O) groups excluding carboxylic acids is 1. The molecular formula is C18H11FN4O3. The van der Waals surface area contributed by atoms with Gasteiger partial charge in [0.15, 0.2) is 5.78 Å². The molecule has 0 bridgehead atoms. The third-order valence-corrected chi connectivity index (χ3v) is 4.03. The van der Waals surface area contributed by atoms with Crippen molar-refractivity contribution in [1.29, 1.82) is 0 Å². The summed E-state index contributed by atoms with van der Waals surface area (Å²) in [4.78, 5) is 36.4. The average Bonchev–Trinajstić information content (AvgIpc) is 3.09. The zero-order chi connectivity index (χ0) is 18.3. The number of carbonyl (C=O) groups is 1. The molecule has 0 saturated carbocycles. The fourth-order valence-corrected chi connectivity index (χ4v) is 2.88. The van der Waals surface area contributed by atoms with Crippen LogP contribution in [0, 0.1) is 5.82 Å². The molecule has 1 aliphatic rings. The van der Waals surface area contributed by atoms with Crippen LogP contribution in [-0.2, 0) is 0 Å². The molecule has 26 heavy (non-hydrogen) atoms. The molecule has 2 heterocycles. The average molecular weight is 350 g/mol. The first-order valence-electron chi connectivity index (χ1n) is 7.65. The summed E-state index contributed by atoms with van der Waals surface area (Å²) in [5.74, 6) is -0.908. The largest absolute Gasteiger partial charge is 0.325 e. The van der Waals surface area contributed by atoms with Gasteiger partial charge in [-0.25, -0.2) is 4.79 Å². The van der Waals surface area contributed by atoms with Crippen LogP contribution in [-0.4, -0.2) is 25.9 Å². The zero-order valence-corrected chi connectivity index (χ0v) is 13.2. The van der Waals surface area contributed by atoms with Crippen molar-refractivity contribution in [3.63, 3.8) is 0 Å². The van der Waals surface area contributed by atoms with Crippen LogP contribution in [0.5, 0.6) is 0 Å². The number of ketones is 1. The molecule has 0 atom stereocenters. The van der Waals surface area contributed by atoms with Gasteiger partial charge in [-0.2, -0.15) is 9.49 Å². The van der Waals surface area contributed by atoms with Gasteiger partial charge >= 0.3 is 5.69 Å². The summed E-state index contributed by atoms with van der Waals surface area (Å²) >= 11 is 0. The van der Waals surface area contributed by atoms with E-state index < -0.39 is 17.1 Å². The van der Waals surface area contributed by atoms with Gasteiger partial charge in [-0.1, -0.05) is 36.4 Å². The molecule has 0 radical (unpaired) electrons. The van der Waals surface area contributed by atoms with Gasteiger partial charge < -0.3 is 4.98 Å². The summed E-state index contributed by atoms with van der Waals surface area (Å²) in [5.41, 5.74) is 2.48. The minimum Gasteiger partial charge on any atom is -0.311 e. The predicted octanol–water partition coefficient (Wildman–Crippen LogP) is 1.98. The summed E-state index contributed by atoms with van der Waals surface area (Å²) in [5, 5.41) is 8.24. The van der Waals surface area contributed by atoms with E-state index in [0.29, 0.717) is 6.20 Å². The van der Waals surface area contributed by atoms with Crippen molar-refractivity contribution >= 4 is 16.7 Å². The fourth-order valence-electron chi connectivity index (χ4n) is 2.88. The van der Waals surface area contributed by atoms with Gasteiger partial charge in [0.2, 0.25) is 5.82 Å². The smallest absolute Gasteiger partial charge is 0.311 e. The maximum Gasteiger partial charge on any atom is 0.325 e. The van der Waals surface area contributed by atoms with E-state index in [4.69, 9.17) is 0 Å². The van der Waals surface area contributed by atoms with Crippen molar-refractivity contribution < 1.29 is 9.18 Å². The van der Waals surface area contributed by atoms with E-state index >= 15 is 0 Å². The Morgan fingerprint density at radius 1 is 0.885 bits per heavy atom. The van der Waals surface area contributed by atoms with Crippen LogP contribution in [0.25, 0.3) is 22.2 Å². The van der Waals surface area contributed by atoms with Crippen molar-refractivity contribution in [3.05, 3.63) is 86.4 Å². The van der Waals surface area contributed by atoms with Gasteiger partial charge in [0.25, 0.3) is 5.56 Å². The minimum atomic E-state index is -1.00. The molecule has 0 fully saturated rings.